The van der Waals surface area contributed by atoms with Gasteiger partial charge in [0.2, 0.25) is 11.8 Å². The van der Waals surface area contributed by atoms with E-state index in [-0.39, 0.29) is 47.3 Å². The molecule has 15 nitrogen and oxygen atoms in total. The third-order valence-corrected chi connectivity index (χ3v) is 14.8. The van der Waals surface area contributed by atoms with Crippen molar-refractivity contribution < 1.29 is 37.5 Å². The molecule has 0 bridgehead atoms. The van der Waals surface area contributed by atoms with Crippen LogP contribution in [0.2, 0.25) is 0 Å². The predicted molar refractivity (Wildman–Crippen MR) is 239 cm³/mol. The van der Waals surface area contributed by atoms with Crippen LogP contribution < -0.4 is 20.9 Å². The molecule has 2 atom stereocenters. The number of likely N-dealkylation sites (tertiary alicyclic amines) is 1. The third kappa shape index (κ3) is 7.76. The van der Waals surface area contributed by atoms with E-state index in [0.717, 1.165) is 80.4 Å². The van der Waals surface area contributed by atoms with Crippen molar-refractivity contribution in [3.63, 3.8) is 0 Å². The lowest BCUT2D eigenvalue weighted by Crippen LogP contribution is -2.54. The summed E-state index contributed by atoms with van der Waals surface area (Å²) >= 11 is 0. The number of fused-ring (bicyclic) bond motifs is 2. The highest BCUT2D eigenvalue weighted by Gasteiger charge is 2.45. The van der Waals surface area contributed by atoms with Gasteiger partial charge in [-0.25, -0.2) is 13.6 Å². The summed E-state index contributed by atoms with van der Waals surface area (Å²) in [5, 5.41) is 2.77. The number of imide groups is 2. The van der Waals surface area contributed by atoms with Crippen LogP contribution in [-0.4, -0.2) is 138 Å². The fourth-order valence-corrected chi connectivity index (χ4v) is 11.2. The summed E-state index contributed by atoms with van der Waals surface area (Å²) in [5.41, 5.74) is 9.97. The number of nitrogens with zero attached hydrogens (tertiary/aromatic N) is 6. The standard InChI is InChI=1S/C48H53F2N9O6/c1-54-19-20-58(48(54)65)31-3-2-14-57(26-31)43-34-23-38(52-42(34)35(44(51)61)22-37(43)50)30-6-4-28(5-7-30)29-12-15-55(16-13-29)25-27-10-17-56(18-11-27)40-24-33-32(21-36(40)49)46(63)59(47(33)64)39-8-9-41(60)53-45(39)62/h4-7,21-24,27,29,31,39,52H,2-3,8-20,25-26H2,1H3,(H2,51,61)(H,53,60,62)/t31-,39?/m1/s1. The largest absolute Gasteiger partial charge is 0.369 e. The summed E-state index contributed by atoms with van der Waals surface area (Å²) in [7, 11) is 1.80. The van der Waals surface area contributed by atoms with Crippen molar-refractivity contribution >= 4 is 57.8 Å². The minimum atomic E-state index is -1.11. The van der Waals surface area contributed by atoms with Crippen LogP contribution in [0.5, 0.6) is 0 Å². The fraction of sp³-hybridized carbons (Fsp3) is 0.458. The van der Waals surface area contributed by atoms with Gasteiger partial charge in [-0.15, -0.1) is 0 Å². The molecule has 5 saturated heterocycles. The zero-order valence-corrected chi connectivity index (χ0v) is 36.4. The van der Waals surface area contributed by atoms with Gasteiger partial charge in [-0.1, -0.05) is 24.3 Å². The van der Waals surface area contributed by atoms with Crippen molar-refractivity contribution in [3.8, 4) is 11.3 Å². The van der Waals surface area contributed by atoms with E-state index in [0.29, 0.717) is 67.7 Å². The second kappa shape index (κ2) is 16.9. The number of nitrogens with two attached hydrogens (primary N) is 1. The molecule has 1 unspecified atom stereocenters. The first kappa shape index (κ1) is 42.6. The monoisotopic (exact) mass is 889 g/mol. The van der Waals surface area contributed by atoms with Crippen LogP contribution in [0, 0.1) is 17.6 Å². The molecule has 0 spiro atoms. The van der Waals surface area contributed by atoms with Gasteiger partial charge in [0.05, 0.1) is 39.6 Å². The summed E-state index contributed by atoms with van der Waals surface area (Å²) in [6.07, 6.45) is 5.43. The molecule has 6 aliphatic rings. The number of hydrogen-bond donors (Lipinski definition) is 3. The first-order valence-electron chi connectivity index (χ1n) is 22.9. The van der Waals surface area contributed by atoms with E-state index in [2.05, 4.69) is 39.5 Å². The number of carbonyl (C=O) groups is 6. The van der Waals surface area contributed by atoms with Crippen molar-refractivity contribution in [3.05, 3.63) is 82.4 Å². The SMILES string of the molecule is CN1CCN([C@@H]2CCCN(c3c(F)cc(C(N)=O)c4[nH]c(-c5ccc(C6CCN(CC7CCN(c8cc9c(cc8F)C(=O)N(C8CCC(=O)NC8=O)C9=O)CC7)CC6)cc5)cc34)C2)C1=O. The van der Waals surface area contributed by atoms with Crippen molar-refractivity contribution in [2.24, 2.45) is 11.7 Å². The molecule has 5 fully saturated rings. The maximum Gasteiger partial charge on any atom is 0.320 e. The van der Waals surface area contributed by atoms with Gasteiger partial charge >= 0.3 is 6.03 Å². The van der Waals surface area contributed by atoms with Gasteiger partial charge in [-0.2, -0.15) is 0 Å². The highest BCUT2D eigenvalue weighted by atomic mass is 19.1. The number of H-pyrrole nitrogens is 1. The number of primary amides is 1. The highest BCUT2D eigenvalue weighted by Crippen LogP contribution is 2.39. The normalized spacial score (nSPS) is 22.8. The minimum Gasteiger partial charge on any atom is -0.369 e. The first-order chi connectivity index (χ1) is 31.3. The first-order valence-corrected chi connectivity index (χ1v) is 22.9. The molecule has 7 heterocycles. The molecular weight excluding hydrogens is 837 g/mol. The number of aromatic nitrogens is 1. The van der Waals surface area contributed by atoms with Crippen LogP contribution in [0.3, 0.4) is 0 Å². The van der Waals surface area contributed by atoms with Crippen molar-refractivity contribution in [2.75, 3.05) is 75.8 Å². The average Bonchev–Trinajstić information content (AvgIpc) is 3.96. The van der Waals surface area contributed by atoms with Gasteiger partial charge in [-0.05, 0) is 105 Å². The predicted octanol–water partition coefficient (Wildman–Crippen LogP) is 5.05. The fourth-order valence-electron chi connectivity index (χ4n) is 11.2. The lowest BCUT2D eigenvalue weighted by Gasteiger charge is -2.39. The summed E-state index contributed by atoms with van der Waals surface area (Å²) < 4.78 is 31.5. The zero-order valence-electron chi connectivity index (χ0n) is 36.4. The number of piperidine rings is 4. The minimum absolute atomic E-state index is 0.00207. The van der Waals surface area contributed by atoms with Gasteiger partial charge in [0.25, 0.3) is 17.7 Å². The smallest absolute Gasteiger partial charge is 0.320 e. The Morgan fingerprint density at radius 3 is 2.18 bits per heavy atom. The second-order valence-corrected chi connectivity index (χ2v) is 18.7. The molecule has 10 rings (SSSR count). The molecule has 340 valence electrons. The molecular formula is C48H53F2N9O6. The maximum absolute atomic E-state index is 16.0. The number of rotatable bonds is 9. The van der Waals surface area contributed by atoms with Gasteiger partial charge in [0.15, 0.2) is 0 Å². The van der Waals surface area contributed by atoms with Gasteiger partial charge in [-0.3, -0.25) is 34.2 Å². The number of hydrogen-bond acceptors (Lipinski definition) is 9. The molecule has 17 heteroatoms. The number of nitrogens with one attached hydrogen (secondary N) is 2. The number of benzene rings is 3. The van der Waals surface area contributed by atoms with Crippen molar-refractivity contribution in [2.45, 2.75) is 69.4 Å². The maximum atomic E-state index is 16.0. The Bertz CT molecular complexity index is 2620. The lowest BCUT2D eigenvalue weighted by atomic mass is 9.87. The molecule has 1 aromatic heterocycles. The number of carbonyl (C=O) groups excluding carboxylic acids is 6. The number of aromatic amines is 1. The van der Waals surface area contributed by atoms with E-state index in [1.54, 1.807) is 11.9 Å². The van der Waals surface area contributed by atoms with E-state index < -0.39 is 47.2 Å². The molecule has 65 heavy (non-hydrogen) atoms. The van der Waals surface area contributed by atoms with Crippen molar-refractivity contribution in [1.29, 1.82) is 0 Å². The number of amides is 7. The van der Waals surface area contributed by atoms with E-state index in [1.165, 1.54) is 17.7 Å². The van der Waals surface area contributed by atoms with E-state index in [4.69, 9.17) is 5.73 Å². The number of urea groups is 1. The molecule has 4 aromatic rings. The van der Waals surface area contributed by atoms with Crippen LogP contribution in [0.15, 0.2) is 48.5 Å². The van der Waals surface area contributed by atoms with Gasteiger partial charge < -0.3 is 35.2 Å². The molecule has 0 saturated carbocycles. The number of anilines is 2. The Hall–Kier alpha value is -6.36. The van der Waals surface area contributed by atoms with Gasteiger partial charge in [0, 0.05) is 70.4 Å². The van der Waals surface area contributed by atoms with Crippen LogP contribution in [0.1, 0.15) is 93.9 Å². The van der Waals surface area contributed by atoms with Gasteiger partial charge in [0.1, 0.15) is 17.7 Å². The summed E-state index contributed by atoms with van der Waals surface area (Å²) in [4.78, 5) is 90.3. The summed E-state index contributed by atoms with van der Waals surface area (Å²) in [6.45, 7) is 6.52. The van der Waals surface area contributed by atoms with E-state index in [1.807, 2.05) is 20.8 Å². The Kier molecular flexibility index (Phi) is 11.1. The Morgan fingerprint density at radius 1 is 0.785 bits per heavy atom. The zero-order chi connectivity index (χ0) is 45.3. The topological polar surface area (TPSA) is 176 Å². The van der Waals surface area contributed by atoms with Crippen LogP contribution in [0.25, 0.3) is 22.2 Å². The van der Waals surface area contributed by atoms with Crippen LogP contribution >= 0.6 is 0 Å². The Balaban J connectivity index is 0.753. The van der Waals surface area contributed by atoms with Crippen molar-refractivity contribution in [1.82, 2.24) is 29.9 Å². The number of likely N-dealkylation sites (N-methyl/N-ethyl adjacent to an activating group) is 1. The van der Waals surface area contributed by atoms with Crippen LogP contribution in [-0.2, 0) is 9.59 Å². The summed E-state index contributed by atoms with van der Waals surface area (Å²) in [6, 6.07) is 13.0. The molecule has 4 N–H and O–H groups in total. The number of halogens is 2. The molecule has 0 radical (unpaired) electrons. The molecule has 0 aliphatic carbocycles. The van der Waals surface area contributed by atoms with E-state index >= 15 is 8.78 Å². The Morgan fingerprint density at radius 2 is 1.51 bits per heavy atom. The molecule has 7 amide bonds. The molecule has 6 aliphatic heterocycles. The molecule has 3 aromatic carbocycles. The Labute approximate surface area is 374 Å². The summed E-state index contributed by atoms with van der Waals surface area (Å²) in [5.74, 6) is -3.51. The van der Waals surface area contributed by atoms with Crippen LogP contribution in [0.4, 0.5) is 25.0 Å². The second-order valence-electron chi connectivity index (χ2n) is 18.7. The third-order valence-electron chi connectivity index (χ3n) is 14.8. The average molecular weight is 890 g/mol. The lowest BCUT2D eigenvalue weighted by molar-refractivity contribution is -0.136. The van der Waals surface area contributed by atoms with E-state index in [9.17, 15) is 28.8 Å². The quantitative estimate of drug-likeness (QED) is 0.195. The highest BCUT2D eigenvalue weighted by molar-refractivity contribution is 6.24.